The van der Waals surface area contributed by atoms with Gasteiger partial charge in [-0.05, 0) is 29.3 Å². The molecule has 3 rings (SSSR count). The second kappa shape index (κ2) is 7.86. The first-order valence-electron chi connectivity index (χ1n) is 7.78. The predicted molar refractivity (Wildman–Crippen MR) is 97.9 cm³/mol. The van der Waals surface area contributed by atoms with E-state index in [1.807, 2.05) is 42.6 Å². The molecule has 0 aliphatic heterocycles. The van der Waals surface area contributed by atoms with Gasteiger partial charge in [-0.2, -0.15) is 0 Å². The summed E-state index contributed by atoms with van der Waals surface area (Å²) in [6, 6.07) is 18.2. The van der Waals surface area contributed by atoms with Gasteiger partial charge in [0.05, 0.1) is 15.4 Å². The molecule has 4 nitrogen and oxygen atoms in total. The van der Waals surface area contributed by atoms with Crippen LogP contribution in [-0.2, 0) is 13.1 Å². The summed E-state index contributed by atoms with van der Waals surface area (Å²) in [7, 11) is 1.64. The lowest BCUT2D eigenvalue weighted by Crippen LogP contribution is -2.15. The number of carbonyl (C=O) groups is 1. The first-order valence-corrected chi connectivity index (χ1v) is 8.60. The van der Waals surface area contributed by atoms with Crippen molar-refractivity contribution < 1.29 is 4.79 Å². The van der Waals surface area contributed by atoms with Gasteiger partial charge in [-0.25, -0.2) is 0 Å². The van der Waals surface area contributed by atoms with E-state index in [-0.39, 0.29) is 5.91 Å². The Labute approximate surface area is 145 Å². The third-order valence-corrected chi connectivity index (χ3v) is 4.74. The fourth-order valence-electron chi connectivity index (χ4n) is 2.34. The topological polar surface area (TPSA) is 54.0 Å². The zero-order valence-corrected chi connectivity index (χ0v) is 14.3. The van der Waals surface area contributed by atoms with Crippen LogP contribution in [0.5, 0.6) is 0 Å². The van der Waals surface area contributed by atoms with Crippen LogP contribution in [0.3, 0.4) is 0 Å². The molecule has 0 fully saturated rings. The van der Waals surface area contributed by atoms with Gasteiger partial charge in [-0.1, -0.05) is 36.4 Å². The molecule has 1 amide bonds. The minimum atomic E-state index is -0.0621. The number of nitrogens with one attached hydrogen (secondary N) is 2. The highest BCUT2D eigenvalue weighted by Crippen LogP contribution is 2.26. The minimum absolute atomic E-state index is 0.0621. The Morgan fingerprint density at radius 3 is 2.50 bits per heavy atom. The van der Waals surface area contributed by atoms with Gasteiger partial charge in [0.15, 0.2) is 0 Å². The quantitative estimate of drug-likeness (QED) is 0.724. The molecular weight excluding hydrogens is 318 g/mol. The van der Waals surface area contributed by atoms with Crippen molar-refractivity contribution in [2.24, 2.45) is 0 Å². The molecule has 0 aliphatic rings. The van der Waals surface area contributed by atoms with E-state index in [1.165, 1.54) is 16.9 Å². The second-order valence-electron chi connectivity index (χ2n) is 5.38. The number of amides is 1. The smallest absolute Gasteiger partial charge is 0.261 e. The highest BCUT2D eigenvalue weighted by molar-refractivity contribution is 7.17. The van der Waals surface area contributed by atoms with E-state index >= 15 is 0 Å². The summed E-state index contributed by atoms with van der Waals surface area (Å²) in [5.74, 6) is -0.0621. The van der Waals surface area contributed by atoms with Crippen molar-refractivity contribution in [3.8, 4) is 10.6 Å². The number of carbonyl (C=O) groups excluding carboxylic acids is 1. The lowest BCUT2D eigenvalue weighted by atomic mass is 10.2. The standard InChI is InChI=1S/C19H19N3OS/c1-20-19(23)18-10-9-17(24-18)16-8-7-15(13-22-16)12-21-11-14-5-3-2-4-6-14/h2-10,13,21H,11-12H2,1H3,(H,20,23). The van der Waals surface area contributed by atoms with Gasteiger partial charge in [0.25, 0.3) is 5.91 Å². The van der Waals surface area contributed by atoms with Crippen LogP contribution in [0.2, 0.25) is 0 Å². The van der Waals surface area contributed by atoms with E-state index in [1.54, 1.807) is 7.05 Å². The Hall–Kier alpha value is -2.50. The molecule has 0 unspecified atom stereocenters. The zero-order chi connectivity index (χ0) is 16.8. The molecule has 24 heavy (non-hydrogen) atoms. The molecule has 5 heteroatoms. The summed E-state index contributed by atoms with van der Waals surface area (Å²) in [4.78, 5) is 17.8. The van der Waals surface area contributed by atoms with Crippen LogP contribution in [0.25, 0.3) is 10.6 Å². The second-order valence-corrected chi connectivity index (χ2v) is 6.47. The average Bonchev–Trinajstić information content (AvgIpc) is 3.13. The third-order valence-electron chi connectivity index (χ3n) is 3.64. The van der Waals surface area contributed by atoms with E-state index in [0.717, 1.165) is 29.2 Å². The fourth-order valence-corrected chi connectivity index (χ4v) is 3.27. The Morgan fingerprint density at radius 2 is 1.79 bits per heavy atom. The summed E-state index contributed by atoms with van der Waals surface area (Å²) < 4.78 is 0. The number of pyridine rings is 1. The molecule has 3 aromatic rings. The predicted octanol–water partition coefficient (Wildman–Crippen LogP) is 3.46. The molecule has 2 N–H and O–H groups in total. The molecule has 0 radical (unpaired) electrons. The summed E-state index contributed by atoms with van der Waals surface area (Å²) in [6.07, 6.45) is 1.88. The molecule has 0 saturated carbocycles. The van der Waals surface area contributed by atoms with Crippen molar-refractivity contribution >= 4 is 17.2 Å². The van der Waals surface area contributed by atoms with Crippen LogP contribution in [0, 0.1) is 0 Å². The number of hydrogen-bond donors (Lipinski definition) is 2. The fraction of sp³-hybridized carbons (Fsp3) is 0.158. The minimum Gasteiger partial charge on any atom is -0.354 e. The van der Waals surface area contributed by atoms with Crippen LogP contribution in [0.4, 0.5) is 0 Å². The average molecular weight is 337 g/mol. The Kier molecular flexibility index (Phi) is 5.36. The molecule has 2 heterocycles. The highest BCUT2D eigenvalue weighted by atomic mass is 32.1. The largest absolute Gasteiger partial charge is 0.354 e. The van der Waals surface area contributed by atoms with Crippen LogP contribution in [0.15, 0.2) is 60.8 Å². The van der Waals surface area contributed by atoms with Crippen molar-refractivity contribution in [1.82, 2.24) is 15.6 Å². The Bertz CT molecular complexity index is 797. The van der Waals surface area contributed by atoms with Gasteiger partial charge in [-0.15, -0.1) is 11.3 Å². The number of benzene rings is 1. The van der Waals surface area contributed by atoms with Crippen molar-refractivity contribution in [3.63, 3.8) is 0 Å². The first kappa shape index (κ1) is 16.4. The molecule has 0 bridgehead atoms. The van der Waals surface area contributed by atoms with Crippen molar-refractivity contribution in [2.75, 3.05) is 7.05 Å². The Balaban J connectivity index is 1.59. The van der Waals surface area contributed by atoms with Gasteiger partial charge < -0.3 is 10.6 Å². The maximum Gasteiger partial charge on any atom is 0.261 e. The summed E-state index contributed by atoms with van der Waals surface area (Å²) in [5, 5.41) is 6.05. The molecule has 1 aromatic carbocycles. The van der Waals surface area contributed by atoms with Crippen molar-refractivity contribution in [1.29, 1.82) is 0 Å². The summed E-state index contributed by atoms with van der Waals surface area (Å²) >= 11 is 1.45. The molecular formula is C19H19N3OS. The van der Waals surface area contributed by atoms with Crippen LogP contribution in [-0.4, -0.2) is 17.9 Å². The maximum absolute atomic E-state index is 11.6. The van der Waals surface area contributed by atoms with E-state index in [4.69, 9.17) is 0 Å². The number of aromatic nitrogens is 1. The van der Waals surface area contributed by atoms with Gasteiger partial charge in [0.2, 0.25) is 0 Å². The SMILES string of the molecule is CNC(=O)c1ccc(-c2ccc(CNCc3ccccc3)cn2)s1. The highest BCUT2D eigenvalue weighted by Gasteiger charge is 2.09. The number of thiophene rings is 1. The van der Waals surface area contributed by atoms with E-state index in [9.17, 15) is 4.79 Å². The van der Waals surface area contributed by atoms with Gasteiger partial charge in [0, 0.05) is 26.3 Å². The molecule has 0 atom stereocenters. The first-order chi connectivity index (χ1) is 11.8. The molecule has 0 aliphatic carbocycles. The maximum atomic E-state index is 11.6. The molecule has 2 aromatic heterocycles. The number of hydrogen-bond acceptors (Lipinski definition) is 4. The van der Waals surface area contributed by atoms with Crippen LogP contribution < -0.4 is 10.6 Å². The van der Waals surface area contributed by atoms with Crippen molar-refractivity contribution in [3.05, 3.63) is 76.8 Å². The monoisotopic (exact) mass is 337 g/mol. The van der Waals surface area contributed by atoms with E-state index in [2.05, 4.69) is 33.8 Å². The molecule has 0 saturated heterocycles. The molecule has 0 spiro atoms. The number of rotatable bonds is 6. The van der Waals surface area contributed by atoms with Gasteiger partial charge in [0.1, 0.15) is 0 Å². The van der Waals surface area contributed by atoms with Crippen molar-refractivity contribution in [2.45, 2.75) is 13.1 Å². The summed E-state index contributed by atoms with van der Waals surface area (Å²) in [6.45, 7) is 1.61. The van der Waals surface area contributed by atoms with E-state index in [0.29, 0.717) is 4.88 Å². The summed E-state index contributed by atoms with van der Waals surface area (Å²) in [5.41, 5.74) is 3.29. The lowest BCUT2D eigenvalue weighted by molar-refractivity contribution is 0.0967. The number of nitrogens with zero attached hydrogens (tertiary/aromatic N) is 1. The lowest BCUT2D eigenvalue weighted by Gasteiger charge is -2.05. The van der Waals surface area contributed by atoms with Gasteiger partial charge >= 0.3 is 0 Å². The van der Waals surface area contributed by atoms with Crippen LogP contribution >= 0.6 is 11.3 Å². The van der Waals surface area contributed by atoms with Crippen LogP contribution in [0.1, 0.15) is 20.8 Å². The molecule has 122 valence electrons. The van der Waals surface area contributed by atoms with E-state index < -0.39 is 0 Å². The third kappa shape index (κ3) is 4.07. The Morgan fingerprint density at radius 1 is 1.00 bits per heavy atom. The normalized spacial score (nSPS) is 10.5. The van der Waals surface area contributed by atoms with Gasteiger partial charge in [-0.3, -0.25) is 9.78 Å². The zero-order valence-electron chi connectivity index (χ0n) is 13.5.